The van der Waals surface area contributed by atoms with Crippen LogP contribution in [0.5, 0.6) is 11.5 Å². The zero-order valence-corrected chi connectivity index (χ0v) is 20.7. The van der Waals surface area contributed by atoms with E-state index in [0.29, 0.717) is 28.9 Å². The summed E-state index contributed by atoms with van der Waals surface area (Å²) in [7, 11) is 1.47. The van der Waals surface area contributed by atoms with Crippen LogP contribution >= 0.6 is 22.9 Å². The number of ether oxygens (including phenoxy) is 3. The fourth-order valence-electron chi connectivity index (χ4n) is 3.27. The topological polar surface area (TPSA) is 78.0 Å². The minimum atomic E-state index is -0.578. The first-order valence-electron chi connectivity index (χ1n) is 10.2. The second-order valence-electron chi connectivity index (χ2n) is 7.26. The minimum Gasteiger partial charge on any atom is -0.493 e. The van der Waals surface area contributed by atoms with Crippen LogP contribution in [0.25, 0.3) is 0 Å². The molecule has 3 aromatic rings. The molecule has 0 spiro atoms. The molecule has 0 radical (unpaired) electrons. The van der Waals surface area contributed by atoms with Gasteiger partial charge in [0.2, 0.25) is 5.91 Å². The number of nitrogens with zero attached hydrogens (tertiary/aromatic N) is 2. The number of halogens is 1. The highest BCUT2D eigenvalue weighted by Gasteiger charge is 2.21. The Morgan fingerprint density at radius 1 is 1.18 bits per heavy atom. The monoisotopic (exact) mass is 488 g/mol. The van der Waals surface area contributed by atoms with Crippen molar-refractivity contribution in [1.82, 2.24) is 4.98 Å². The van der Waals surface area contributed by atoms with Gasteiger partial charge in [-0.3, -0.25) is 9.69 Å². The number of thiazole rings is 1. The Balaban J connectivity index is 1.76. The van der Waals surface area contributed by atoms with Crippen molar-refractivity contribution in [3.05, 3.63) is 63.1 Å². The molecule has 1 amide bonds. The molecule has 0 aliphatic heterocycles. The molecule has 0 aliphatic rings. The van der Waals surface area contributed by atoms with Gasteiger partial charge in [0.1, 0.15) is 6.61 Å². The summed E-state index contributed by atoms with van der Waals surface area (Å²) in [6.45, 7) is 7.62. The van der Waals surface area contributed by atoms with Gasteiger partial charge in [0.05, 0.1) is 35.7 Å². The van der Waals surface area contributed by atoms with E-state index in [4.69, 9.17) is 25.8 Å². The highest BCUT2D eigenvalue weighted by Crippen LogP contribution is 2.37. The van der Waals surface area contributed by atoms with Crippen LogP contribution in [0.1, 0.15) is 41.0 Å². The number of aryl methyl sites for hydroxylation is 2. The zero-order valence-electron chi connectivity index (χ0n) is 19.1. The molecule has 3 rings (SSSR count). The van der Waals surface area contributed by atoms with Gasteiger partial charge in [-0.2, -0.15) is 0 Å². The lowest BCUT2D eigenvalue weighted by molar-refractivity contribution is -0.115. The SMILES string of the molecule is CCOc1c(Cl)cc(C(=O)OCc2csc(N(C(C)=O)c3ccc(C)cc3C)n2)cc1OC. The number of methoxy groups -OCH3 is 1. The van der Waals surface area contributed by atoms with Crippen molar-refractivity contribution in [3.8, 4) is 11.5 Å². The van der Waals surface area contributed by atoms with Gasteiger partial charge in [0, 0.05) is 12.3 Å². The lowest BCUT2D eigenvalue weighted by atomic mass is 10.1. The van der Waals surface area contributed by atoms with E-state index >= 15 is 0 Å². The van der Waals surface area contributed by atoms with Crippen LogP contribution in [0.15, 0.2) is 35.7 Å². The van der Waals surface area contributed by atoms with Crippen molar-refractivity contribution in [2.24, 2.45) is 0 Å². The lowest BCUT2D eigenvalue weighted by Gasteiger charge is -2.20. The number of hydrogen-bond donors (Lipinski definition) is 0. The molecule has 0 atom stereocenters. The quantitative estimate of drug-likeness (QED) is 0.369. The van der Waals surface area contributed by atoms with E-state index in [1.54, 1.807) is 10.3 Å². The summed E-state index contributed by atoms with van der Waals surface area (Å²) in [5.41, 5.74) is 3.61. The third-order valence-corrected chi connectivity index (χ3v) is 5.90. The zero-order chi connectivity index (χ0) is 24.1. The van der Waals surface area contributed by atoms with Gasteiger partial charge < -0.3 is 14.2 Å². The van der Waals surface area contributed by atoms with Crippen molar-refractivity contribution in [3.63, 3.8) is 0 Å². The van der Waals surface area contributed by atoms with Crippen molar-refractivity contribution in [1.29, 1.82) is 0 Å². The van der Waals surface area contributed by atoms with E-state index in [9.17, 15) is 9.59 Å². The van der Waals surface area contributed by atoms with E-state index < -0.39 is 5.97 Å². The predicted octanol–water partition coefficient (Wildman–Crippen LogP) is 5.86. The van der Waals surface area contributed by atoms with Crippen LogP contribution in [0.2, 0.25) is 5.02 Å². The summed E-state index contributed by atoms with van der Waals surface area (Å²) in [5, 5.41) is 2.52. The predicted molar refractivity (Wildman–Crippen MR) is 129 cm³/mol. The molecular formula is C24H25ClN2O5S. The maximum Gasteiger partial charge on any atom is 0.338 e. The second kappa shape index (κ2) is 10.7. The molecule has 0 aliphatic carbocycles. The molecule has 0 saturated heterocycles. The molecule has 0 N–H and O–H groups in total. The third kappa shape index (κ3) is 5.64. The van der Waals surface area contributed by atoms with E-state index in [2.05, 4.69) is 4.98 Å². The van der Waals surface area contributed by atoms with E-state index in [-0.39, 0.29) is 23.1 Å². The van der Waals surface area contributed by atoms with E-state index in [1.807, 2.05) is 39.0 Å². The third-order valence-electron chi connectivity index (χ3n) is 4.74. The van der Waals surface area contributed by atoms with Crippen molar-refractivity contribution < 1.29 is 23.8 Å². The molecule has 1 heterocycles. The first-order valence-corrected chi connectivity index (χ1v) is 11.5. The van der Waals surface area contributed by atoms with Gasteiger partial charge in [0.25, 0.3) is 0 Å². The Bertz CT molecular complexity index is 1180. The summed E-state index contributed by atoms with van der Waals surface area (Å²) in [4.78, 5) is 31.0. The molecule has 9 heteroatoms. The second-order valence-corrected chi connectivity index (χ2v) is 8.51. The molecule has 1 aromatic heterocycles. The van der Waals surface area contributed by atoms with Crippen LogP contribution < -0.4 is 14.4 Å². The highest BCUT2D eigenvalue weighted by atomic mass is 35.5. The summed E-state index contributed by atoms with van der Waals surface area (Å²) >= 11 is 7.54. The average molecular weight is 489 g/mol. The molecule has 0 bridgehead atoms. The average Bonchev–Trinajstić information content (AvgIpc) is 3.23. The number of carbonyl (C=O) groups excluding carboxylic acids is 2. The number of carbonyl (C=O) groups is 2. The van der Waals surface area contributed by atoms with Crippen LogP contribution in [0.4, 0.5) is 10.8 Å². The highest BCUT2D eigenvalue weighted by molar-refractivity contribution is 7.14. The van der Waals surface area contributed by atoms with Gasteiger partial charge in [-0.25, -0.2) is 9.78 Å². The summed E-state index contributed by atoms with van der Waals surface area (Å²) < 4.78 is 16.2. The Kier molecular flexibility index (Phi) is 7.94. The van der Waals surface area contributed by atoms with Gasteiger partial charge in [-0.05, 0) is 44.5 Å². The number of rotatable bonds is 8. The number of aromatic nitrogens is 1. The van der Waals surface area contributed by atoms with Gasteiger partial charge in [-0.1, -0.05) is 29.3 Å². The lowest BCUT2D eigenvalue weighted by Crippen LogP contribution is -2.23. The van der Waals surface area contributed by atoms with Crippen molar-refractivity contribution in [2.75, 3.05) is 18.6 Å². The van der Waals surface area contributed by atoms with Crippen LogP contribution in [0, 0.1) is 13.8 Å². The first-order chi connectivity index (χ1) is 15.7. The number of esters is 1. The number of hydrogen-bond acceptors (Lipinski definition) is 7. The van der Waals surface area contributed by atoms with Crippen LogP contribution in [-0.4, -0.2) is 30.6 Å². The molecule has 174 valence electrons. The van der Waals surface area contributed by atoms with E-state index in [1.165, 1.54) is 37.5 Å². The van der Waals surface area contributed by atoms with Gasteiger partial charge in [-0.15, -0.1) is 11.3 Å². The molecular weight excluding hydrogens is 464 g/mol. The Labute approximate surface area is 201 Å². The van der Waals surface area contributed by atoms with Gasteiger partial charge >= 0.3 is 5.97 Å². The largest absolute Gasteiger partial charge is 0.493 e. The molecule has 0 fully saturated rings. The number of anilines is 2. The van der Waals surface area contributed by atoms with Gasteiger partial charge in [0.15, 0.2) is 16.6 Å². The first kappa shape index (κ1) is 24.5. The minimum absolute atomic E-state index is 0.0545. The maximum absolute atomic E-state index is 12.6. The maximum atomic E-state index is 12.6. The molecule has 2 aromatic carbocycles. The summed E-state index contributed by atoms with van der Waals surface area (Å²) in [6.07, 6.45) is 0. The van der Waals surface area contributed by atoms with E-state index in [0.717, 1.165) is 16.8 Å². The fourth-order valence-corrected chi connectivity index (χ4v) is 4.40. The van der Waals surface area contributed by atoms with Crippen LogP contribution in [0.3, 0.4) is 0 Å². The summed E-state index contributed by atoms with van der Waals surface area (Å²) in [6, 6.07) is 8.85. The molecule has 7 nitrogen and oxygen atoms in total. The Morgan fingerprint density at radius 2 is 1.94 bits per heavy atom. The van der Waals surface area contributed by atoms with Crippen molar-refractivity contribution in [2.45, 2.75) is 34.3 Å². The summed E-state index contributed by atoms with van der Waals surface area (Å²) in [5.74, 6) is -0.0162. The fraction of sp³-hybridized carbons (Fsp3) is 0.292. The number of amides is 1. The Hall–Kier alpha value is -3.10. The standard InChI is InChI=1S/C24H25ClN2O5S/c1-6-31-22-19(25)10-17(11-21(22)30-5)23(29)32-12-18-13-33-24(26-18)27(16(4)28)20-8-7-14(2)9-15(20)3/h7-11,13H,6,12H2,1-5H3. The molecule has 0 saturated carbocycles. The van der Waals surface area contributed by atoms with Crippen LogP contribution in [-0.2, 0) is 16.1 Å². The number of benzene rings is 2. The molecule has 0 unspecified atom stereocenters. The van der Waals surface area contributed by atoms with Crippen molar-refractivity contribution >= 4 is 45.6 Å². The smallest absolute Gasteiger partial charge is 0.338 e. The normalized spacial score (nSPS) is 10.6. The Morgan fingerprint density at radius 3 is 2.58 bits per heavy atom. The molecule has 33 heavy (non-hydrogen) atoms.